The normalized spacial score (nSPS) is 11.1. The number of hydrogen-bond acceptors (Lipinski definition) is 4. The Hall–Kier alpha value is -5.45. The van der Waals surface area contributed by atoms with Gasteiger partial charge in [-0.2, -0.15) is 17.2 Å². The molecule has 5 aromatic carbocycles. The molecule has 0 saturated carbocycles. The van der Waals surface area contributed by atoms with Crippen LogP contribution in [0.5, 0.6) is 23.0 Å². The predicted molar refractivity (Wildman–Crippen MR) is 186 cm³/mol. The van der Waals surface area contributed by atoms with Crippen molar-refractivity contribution < 1.29 is 30.5 Å². The van der Waals surface area contributed by atoms with Crippen LogP contribution in [0.4, 0.5) is 0 Å². The van der Waals surface area contributed by atoms with Crippen molar-refractivity contribution in [1.29, 1.82) is 0 Å². The van der Waals surface area contributed by atoms with Gasteiger partial charge in [0.15, 0.2) is 0 Å². The van der Waals surface area contributed by atoms with E-state index in [0.29, 0.717) is 11.5 Å². The molecule has 0 unspecified atom stereocenters. The number of ether oxygens (including phenoxy) is 2. The van der Waals surface area contributed by atoms with E-state index in [1.807, 2.05) is 90.0 Å². The molecule has 7 heteroatoms. The van der Waals surface area contributed by atoms with Crippen molar-refractivity contribution in [1.82, 2.24) is 19.3 Å². The Labute approximate surface area is 293 Å². The van der Waals surface area contributed by atoms with Crippen molar-refractivity contribution >= 4 is 21.8 Å². The van der Waals surface area contributed by atoms with Gasteiger partial charge in [-0.05, 0) is 96.6 Å². The fraction of sp³-hybridized carbons (Fsp3) is 0.0732. The van der Waals surface area contributed by atoms with E-state index in [-0.39, 0.29) is 21.1 Å². The van der Waals surface area contributed by atoms with Crippen molar-refractivity contribution in [3.63, 3.8) is 0 Å². The molecule has 236 valence electrons. The van der Waals surface area contributed by atoms with Gasteiger partial charge in [-0.3, -0.25) is 4.68 Å². The van der Waals surface area contributed by atoms with E-state index in [4.69, 9.17) is 9.47 Å². The van der Waals surface area contributed by atoms with Crippen LogP contribution in [0.1, 0.15) is 16.7 Å². The zero-order chi connectivity index (χ0) is 31.9. The third-order valence-electron chi connectivity index (χ3n) is 8.26. The Bertz CT molecular complexity index is 2390. The van der Waals surface area contributed by atoms with E-state index < -0.39 is 0 Å². The van der Waals surface area contributed by atoms with E-state index in [0.717, 1.165) is 72.6 Å². The second-order valence-corrected chi connectivity index (χ2v) is 11.7. The Balaban J connectivity index is 0.00000364. The Morgan fingerprint density at radius 2 is 1.44 bits per heavy atom. The van der Waals surface area contributed by atoms with E-state index in [1.54, 1.807) is 0 Å². The Morgan fingerprint density at radius 3 is 2.25 bits per heavy atom. The molecule has 6 nitrogen and oxygen atoms in total. The largest absolute Gasteiger partial charge is 2.00 e. The Morgan fingerprint density at radius 1 is 0.667 bits per heavy atom. The van der Waals surface area contributed by atoms with Crippen LogP contribution < -0.4 is 9.47 Å². The van der Waals surface area contributed by atoms with Crippen LogP contribution in [0.15, 0.2) is 128 Å². The molecule has 0 radical (unpaired) electrons. The molecule has 0 amide bonds. The maximum atomic E-state index is 6.35. The molecule has 0 atom stereocenters. The van der Waals surface area contributed by atoms with Crippen molar-refractivity contribution in [2.24, 2.45) is 0 Å². The van der Waals surface area contributed by atoms with Crippen molar-refractivity contribution in [3.05, 3.63) is 157 Å². The first-order chi connectivity index (χ1) is 23.0. The predicted octanol–water partition coefficient (Wildman–Crippen LogP) is 10.1. The number of aromatic nitrogens is 4. The quantitative estimate of drug-likeness (QED) is 0.151. The molecule has 0 spiro atoms. The standard InChI is InChI=1S/C41H30N4O2.Pt/c1-27-18-19-42-40(20-27)45-38-15-8-7-14-36(38)37-17-16-34(24-39(37)45)47-33-13-9-10-31(23-33)44-26-30(25-43-44)41-28(2)21-35(22-29(41)3)46-32-11-5-4-6-12-32;/h4-22,25-26H,1-3H3;/q-2;+2. The SMILES string of the molecule is Cc1ccnc(-n2c3[c-]c(Oc4[c-]c(-n5cc(-c6c(C)cc(Oc7ccccc7)cc6C)cn5)ccc4)ccc3c3ccccc32)c1.[Pt+2]. The maximum Gasteiger partial charge on any atom is 2.00 e. The number of aryl methyl sites for hydroxylation is 3. The summed E-state index contributed by atoms with van der Waals surface area (Å²) in [7, 11) is 0. The molecule has 0 aliphatic heterocycles. The van der Waals surface area contributed by atoms with Gasteiger partial charge in [0.05, 0.1) is 6.20 Å². The number of rotatable bonds is 7. The minimum absolute atomic E-state index is 0. The van der Waals surface area contributed by atoms with E-state index in [2.05, 4.69) is 90.0 Å². The molecule has 8 aromatic rings. The summed E-state index contributed by atoms with van der Waals surface area (Å²) >= 11 is 0. The molecule has 0 aliphatic rings. The number of para-hydroxylation sites is 2. The van der Waals surface area contributed by atoms with E-state index in [9.17, 15) is 0 Å². The van der Waals surface area contributed by atoms with Gasteiger partial charge in [0.25, 0.3) is 0 Å². The number of fused-ring (bicyclic) bond motifs is 3. The van der Waals surface area contributed by atoms with Crippen LogP contribution in [0.25, 0.3) is 44.4 Å². The minimum Gasteiger partial charge on any atom is -0.509 e. The summed E-state index contributed by atoms with van der Waals surface area (Å²) in [6.07, 6.45) is 5.74. The molecule has 0 saturated heterocycles. The zero-order valence-corrected chi connectivity index (χ0v) is 28.8. The van der Waals surface area contributed by atoms with Gasteiger partial charge in [0.1, 0.15) is 17.3 Å². The Kier molecular flexibility index (Phi) is 8.43. The number of benzene rings is 5. The topological polar surface area (TPSA) is 54.1 Å². The van der Waals surface area contributed by atoms with Crippen LogP contribution >= 0.6 is 0 Å². The van der Waals surface area contributed by atoms with Gasteiger partial charge in [-0.1, -0.05) is 41.9 Å². The average Bonchev–Trinajstić information content (AvgIpc) is 3.68. The number of nitrogens with zero attached hydrogens (tertiary/aromatic N) is 4. The van der Waals surface area contributed by atoms with Gasteiger partial charge < -0.3 is 14.0 Å². The summed E-state index contributed by atoms with van der Waals surface area (Å²) in [6.45, 7) is 6.27. The van der Waals surface area contributed by atoms with Crippen LogP contribution in [-0.2, 0) is 21.1 Å². The monoisotopic (exact) mass is 805 g/mol. The number of hydrogen-bond donors (Lipinski definition) is 0. The molecular weight excluding hydrogens is 776 g/mol. The third-order valence-corrected chi connectivity index (χ3v) is 8.26. The molecule has 3 heterocycles. The van der Waals surface area contributed by atoms with Crippen LogP contribution in [0.2, 0.25) is 0 Å². The smallest absolute Gasteiger partial charge is 0.509 e. The third kappa shape index (κ3) is 5.91. The average molecular weight is 806 g/mol. The fourth-order valence-electron chi connectivity index (χ4n) is 6.21. The van der Waals surface area contributed by atoms with E-state index >= 15 is 0 Å². The first-order valence-corrected chi connectivity index (χ1v) is 15.5. The second kappa shape index (κ2) is 13.0. The minimum atomic E-state index is 0. The molecular formula is C41H30N4O2Pt. The van der Waals surface area contributed by atoms with Gasteiger partial charge in [-0.15, -0.1) is 35.7 Å². The summed E-state index contributed by atoms with van der Waals surface area (Å²) < 4.78 is 16.4. The molecule has 8 rings (SSSR count). The van der Waals surface area contributed by atoms with Crippen LogP contribution in [0, 0.1) is 32.9 Å². The first-order valence-electron chi connectivity index (χ1n) is 15.5. The summed E-state index contributed by atoms with van der Waals surface area (Å²) in [6, 6.07) is 43.1. The van der Waals surface area contributed by atoms with Gasteiger partial charge in [0, 0.05) is 35.0 Å². The van der Waals surface area contributed by atoms with Crippen LogP contribution in [-0.4, -0.2) is 19.3 Å². The van der Waals surface area contributed by atoms with Crippen molar-refractivity contribution in [2.45, 2.75) is 20.8 Å². The summed E-state index contributed by atoms with van der Waals surface area (Å²) in [5.74, 6) is 3.63. The van der Waals surface area contributed by atoms with Gasteiger partial charge in [-0.25, -0.2) is 4.98 Å². The zero-order valence-electron chi connectivity index (χ0n) is 26.5. The van der Waals surface area contributed by atoms with Gasteiger partial charge >= 0.3 is 21.1 Å². The molecule has 3 aromatic heterocycles. The maximum absolute atomic E-state index is 6.35. The number of pyridine rings is 1. The summed E-state index contributed by atoms with van der Waals surface area (Å²) in [4.78, 5) is 4.68. The molecule has 48 heavy (non-hydrogen) atoms. The molecule has 0 bridgehead atoms. The molecule has 0 aliphatic carbocycles. The first kappa shape index (κ1) is 31.2. The fourth-order valence-corrected chi connectivity index (χ4v) is 6.21. The summed E-state index contributed by atoms with van der Waals surface area (Å²) in [5.41, 5.74) is 8.25. The van der Waals surface area contributed by atoms with E-state index in [1.165, 1.54) is 0 Å². The van der Waals surface area contributed by atoms with Gasteiger partial charge in [0.2, 0.25) is 0 Å². The van der Waals surface area contributed by atoms with Crippen molar-refractivity contribution in [3.8, 4) is 45.6 Å². The summed E-state index contributed by atoms with van der Waals surface area (Å²) in [5, 5.41) is 6.91. The van der Waals surface area contributed by atoms with Crippen molar-refractivity contribution in [2.75, 3.05) is 0 Å². The second-order valence-electron chi connectivity index (χ2n) is 11.7. The molecule has 0 fully saturated rings. The molecule has 0 N–H and O–H groups in total. The van der Waals surface area contributed by atoms with Crippen LogP contribution in [0.3, 0.4) is 0 Å².